The minimum absolute atomic E-state index is 0.179. The van der Waals surface area contributed by atoms with Crippen LogP contribution in [0.4, 0.5) is 16.4 Å². The molecule has 10 heteroatoms. The summed E-state index contributed by atoms with van der Waals surface area (Å²) in [5.74, 6) is 1.35. The summed E-state index contributed by atoms with van der Waals surface area (Å²) in [6.45, 7) is 3.50. The number of ether oxygens (including phenoxy) is 1. The maximum atomic E-state index is 12.4. The Balaban J connectivity index is 1.60. The first-order chi connectivity index (χ1) is 12.4. The number of anilines is 2. The molecule has 2 amide bonds. The van der Waals surface area contributed by atoms with Gasteiger partial charge in [-0.25, -0.2) is 9.78 Å². The predicted molar refractivity (Wildman–Crippen MR) is 94.3 cm³/mol. The number of aryl methyl sites for hydroxylation is 2. The number of urea groups is 1. The van der Waals surface area contributed by atoms with Crippen molar-refractivity contribution in [2.45, 2.75) is 13.0 Å². The smallest absolute Gasteiger partial charge is 0.323 e. The van der Waals surface area contributed by atoms with Gasteiger partial charge in [-0.05, 0) is 6.92 Å². The minimum Gasteiger partial charge on any atom is -0.373 e. The molecule has 0 unspecified atom stereocenters. The Hall–Kier alpha value is -2.88. The van der Waals surface area contributed by atoms with Crippen molar-refractivity contribution in [2.24, 2.45) is 7.05 Å². The maximum absolute atomic E-state index is 12.4. The molecule has 10 nitrogen and oxygen atoms in total. The first-order valence-corrected chi connectivity index (χ1v) is 8.27. The Morgan fingerprint density at radius 1 is 1.50 bits per heavy atom. The van der Waals surface area contributed by atoms with Crippen LogP contribution in [-0.2, 0) is 11.8 Å². The topological polar surface area (TPSA) is 106 Å². The summed E-state index contributed by atoms with van der Waals surface area (Å²) < 4.78 is 12.2. The van der Waals surface area contributed by atoms with E-state index in [0.29, 0.717) is 43.6 Å². The number of morpholine rings is 1. The van der Waals surface area contributed by atoms with E-state index >= 15 is 0 Å². The van der Waals surface area contributed by atoms with Crippen LogP contribution < -0.4 is 15.8 Å². The van der Waals surface area contributed by atoms with E-state index in [9.17, 15) is 9.59 Å². The molecule has 1 saturated heterocycles. The number of carbonyl (C=O) groups excluding carboxylic acids is 1. The van der Waals surface area contributed by atoms with Crippen molar-refractivity contribution in [1.29, 1.82) is 0 Å². The molecule has 140 valence electrons. The van der Waals surface area contributed by atoms with Crippen molar-refractivity contribution in [2.75, 3.05) is 43.5 Å². The monoisotopic (exact) mass is 362 g/mol. The molecule has 0 aliphatic carbocycles. The largest absolute Gasteiger partial charge is 0.373 e. The van der Waals surface area contributed by atoms with Crippen LogP contribution in [-0.4, -0.2) is 65.0 Å². The van der Waals surface area contributed by atoms with Gasteiger partial charge < -0.3 is 23.6 Å². The van der Waals surface area contributed by atoms with Crippen molar-refractivity contribution < 1.29 is 14.1 Å². The molecule has 3 rings (SSSR count). The molecule has 1 atom stereocenters. The lowest BCUT2D eigenvalue weighted by atomic mass is 10.2. The highest BCUT2D eigenvalue weighted by Crippen LogP contribution is 2.12. The van der Waals surface area contributed by atoms with Gasteiger partial charge in [0.2, 0.25) is 0 Å². The number of nitrogens with zero attached hydrogens (tertiary/aromatic N) is 5. The third-order valence-electron chi connectivity index (χ3n) is 4.13. The van der Waals surface area contributed by atoms with Crippen molar-refractivity contribution in [3.8, 4) is 0 Å². The zero-order valence-electron chi connectivity index (χ0n) is 15.0. The van der Waals surface area contributed by atoms with Gasteiger partial charge in [-0.1, -0.05) is 5.16 Å². The van der Waals surface area contributed by atoms with E-state index < -0.39 is 0 Å². The molecule has 1 aliphatic heterocycles. The maximum Gasteiger partial charge on any atom is 0.323 e. The molecular weight excluding hydrogens is 340 g/mol. The van der Waals surface area contributed by atoms with Crippen LogP contribution in [0.2, 0.25) is 0 Å². The lowest BCUT2D eigenvalue weighted by Gasteiger charge is -2.34. The molecule has 0 saturated carbocycles. The number of rotatable bonds is 4. The van der Waals surface area contributed by atoms with E-state index in [1.54, 1.807) is 49.3 Å². The second-order valence-electron chi connectivity index (χ2n) is 6.24. The van der Waals surface area contributed by atoms with E-state index in [1.165, 1.54) is 4.57 Å². The number of amides is 2. The molecule has 0 bridgehead atoms. The van der Waals surface area contributed by atoms with Crippen molar-refractivity contribution in [3.05, 3.63) is 34.6 Å². The highest BCUT2D eigenvalue weighted by Gasteiger charge is 2.26. The summed E-state index contributed by atoms with van der Waals surface area (Å²) in [5.41, 5.74) is -0.179. The summed E-state index contributed by atoms with van der Waals surface area (Å²) >= 11 is 0. The van der Waals surface area contributed by atoms with Gasteiger partial charge in [0.1, 0.15) is 5.76 Å². The third kappa shape index (κ3) is 4.02. The molecule has 1 fully saturated rings. The van der Waals surface area contributed by atoms with Crippen molar-refractivity contribution >= 4 is 17.7 Å². The van der Waals surface area contributed by atoms with Crippen LogP contribution in [0, 0.1) is 6.92 Å². The summed E-state index contributed by atoms with van der Waals surface area (Å²) in [4.78, 5) is 32.1. The summed E-state index contributed by atoms with van der Waals surface area (Å²) in [7, 11) is 3.46. The van der Waals surface area contributed by atoms with E-state index in [0.717, 1.165) is 0 Å². The molecule has 1 N–H and O–H groups in total. The SMILES string of the molecule is Cc1cc(NC(=O)N2CCO[C@@H](CN(C)c3nccn(C)c3=O)C2)no1. The lowest BCUT2D eigenvalue weighted by Crippen LogP contribution is -2.51. The number of nitrogens with one attached hydrogen (secondary N) is 1. The summed E-state index contributed by atoms with van der Waals surface area (Å²) in [6, 6.07) is 1.39. The van der Waals surface area contributed by atoms with E-state index in [1.807, 2.05) is 0 Å². The number of carbonyl (C=O) groups is 1. The first kappa shape index (κ1) is 17.9. The van der Waals surface area contributed by atoms with E-state index in [-0.39, 0.29) is 17.7 Å². The minimum atomic E-state index is -0.261. The molecule has 3 heterocycles. The Bertz CT molecular complexity index is 832. The van der Waals surface area contributed by atoms with Crippen LogP contribution in [0.5, 0.6) is 0 Å². The standard InChI is InChI=1S/C16H22N6O4/c1-11-8-13(19-26-11)18-16(24)22-6-7-25-12(10-22)9-21(3)14-15(23)20(2)5-4-17-14/h4-5,8,12H,6-7,9-10H2,1-3H3,(H,18,19,24)/t12-/m0/s1. The predicted octanol–water partition coefficient (Wildman–Crippen LogP) is 0.446. The van der Waals surface area contributed by atoms with Gasteiger partial charge in [0.05, 0.1) is 19.3 Å². The van der Waals surface area contributed by atoms with Gasteiger partial charge in [0.25, 0.3) is 5.56 Å². The Labute approximate surface area is 150 Å². The van der Waals surface area contributed by atoms with Crippen LogP contribution in [0.1, 0.15) is 5.76 Å². The molecule has 2 aromatic rings. The highest BCUT2D eigenvalue weighted by atomic mass is 16.5. The second-order valence-corrected chi connectivity index (χ2v) is 6.24. The van der Waals surface area contributed by atoms with Gasteiger partial charge in [-0.3, -0.25) is 10.1 Å². The fourth-order valence-corrected chi connectivity index (χ4v) is 2.77. The van der Waals surface area contributed by atoms with E-state index in [4.69, 9.17) is 9.26 Å². The number of aromatic nitrogens is 3. The molecular formula is C16H22N6O4. The highest BCUT2D eigenvalue weighted by molar-refractivity contribution is 5.88. The molecule has 0 radical (unpaired) electrons. The fourth-order valence-electron chi connectivity index (χ4n) is 2.77. The Morgan fingerprint density at radius 2 is 2.31 bits per heavy atom. The average molecular weight is 362 g/mol. The van der Waals surface area contributed by atoms with Gasteiger partial charge in [0.15, 0.2) is 11.6 Å². The first-order valence-electron chi connectivity index (χ1n) is 8.27. The van der Waals surface area contributed by atoms with Crippen LogP contribution >= 0.6 is 0 Å². The third-order valence-corrected chi connectivity index (χ3v) is 4.13. The summed E-state index contributed by atoms with van der Waals surface area (Å²) in [5, 5.41) is 6.46. The fraction of sp³-hybridized carbons (Fsp3) is 0.500. The van der Waals surface area contributed by atoms with Gasteiger partial charge in [0, 0.05) is 45.6 Å². The zero-order chi connectivity index (χ0) is 18.7. The lowest BCUT2D eigenvalue weighted by molar-refractivity contribution is -0.00716. The van der Waals surface area contributed by atoms with Gasteiger partial charge in [-0.15, -0.1) is 0 Å². The molecule has 0 spiro atoms. The normalized spacial score (nSPS) is 17.2. The Morgan fingerprint density at radius 3 is 3.04 bits per heavy atom. The molecule has 2 aromatic heterocycles. The molecule has 0 aromatic carbocycles. The van der Waals surface area contributed by atoms with Crippen molar-refractivity contribution in [3.63, 3.8) is 0 Å². The van der Waals surface area contributed by atoms with Crippen LogP contribution in [0.15, 0.2) is 27.8 Å². The van der Waals surface area contributed by atoms with Gasteiger partial charge >= 0.3 is 6.03 Å². The quantitative estimate of drug-likeness (QED) is 0.841. The van der Waals surface area contributed by atoms with Crippen molar-refractivity contribution in [1.82, 2.24) is 19.6 Å². The Kier molecular flexibility index (Phi) is 5.21. The van der Waals surface area contributed by atoms with Crippen LogP contribution in [0.25, 0.3) is 0 Å². The molecule has 26 heavy (non-hydrogen) atoms. The van der Waals surface area contributed by atoms with E-state index in [2.05, 4.69) is 15.5 Å². The number of hydrogen-bond donors (Lipinski definition) is 1. The average Bonchev–Trinajstić information content (AvgIpc) is 3.02. The zero-order valence-corrected chi connectivity index (χ0v) is 15.0. The summed E-state index contributed by atoms with van der Waals surface area (Å²) in [6.07, 6.45) is 2.95. The molecule has 1 aliphatic rings. The van der Waals surface area contributed by atoms with Crippen LogP contribution in [0.3, 0.4) is 0 Å². The number of hydrogen-bond acceptors (Lipinski definition) is 7. The van der Waals surface area contributed by atoms with Gasteiger partial charge in [-0.2, -0.15) is 0 Å². The number of likely N-dealkylation sites (N-methyl/N-ethyl adjacent to an activating group) is 1. The second kappa shape index (κ2) is 7.56.